The van der Waals surface area contributed by atoms with E-state index in [0.717, 1.165) is 17.7 Å². The van der Waals surface area contributed by atoms with Crippen molar-refractivity contribution in [3.63, 3.8) is 0 Å². The van der Waals surface area contributed by atoms with E-state index in [4.69, 9.17) is 34.8 Å². The first-order valence-corrected chi connectivity index (χ1v) is 13.8. The van der Waals surface area contributed by atoms with Gasteiger partial charge in [0, 0.05) is 22.3 Å². The largest absolute Gasteiger partial charge is 0.376 e. The van der Waals surface area contributed by atoms with Crippen LogP contribution in [0, 0.1) is 16.0 Å². The third-order valence-corrected chi connectivity index (χ3v) is 9.96. The van der Waals surface area contributed by atoms with Crippen LogP contribution in [0.4, 0.5) is 11.4 Å². The summed E-state index contributed by atoms with van der Waals surface area (Å²) in [6.07, 6.45) is 0.792. The van der Waals surface area contributed by atoms with E-state index in [1.54, 1.807) is 24.3 Å². The fourth-order valence-electron chi connectivity index (χ4n) is 5.84. The van der Waals surface area contributed by atoms with Gasteiger partial charge >= 0.3 is 0 Å². The van der Waals surface area contributed by atoms with Gasteiger partial charge in [0.25, 0.3) is 5.69 Å². The van der Waals surface area contributed by atoms with Crippen molar-refractivity contribution in [2.45, 2.75) is 33.9 Å². The lowest BCUT2D eigenvalue weighted by Crippen LogP contribution is -2.31. The zero-order valence-electron chi connectivity index (χ0n) is 18.9. The van der Waals surface area contributed by atoms with Crippen LogP contribution in [-0.4, -0.2) is 15.6 Å². The predicted molar refractivity (Wildman–Crippen MR) is 150 cm³/mol. The second kappa shape index (κ2) is 9.46. The maximum absolute atomic E-state index is 11.6. The molecule has 1 saturated carbocycles. The number of hydrogen-bond donors (Lipinski definition) is 1. The highest BCUT2D eigenvalue weighted by Gasteiger charge is 2.51. The molecule has 5 atom stereocenters. The summed E-state index contributed by atoms with van der Waals surface area (Å²) < 4.78 is 0. The minimum atomic E-state index is -0.330. The number of benzene rings is 4. The van der Waals surface area contributed by atoms with Gasteiger partial charge in [-0.2, -0.15) is 0 Å². The molecule has 0 saturated heterocycles. The second-order valence-corrected chi connectivity index (χ2v) is 11.9. The van der Waals surface area contributed by atoms with Gasteiger partial charge < -0.3 is 5.32 Å². The van der Waals surface area contributed by atoms with Crippen molar-refractivity contribution in [1.82, 2.24) is 0 Å². The minimum Gasteiger partial charge on any atom is -0.376 e. The third kappa shape index (κ3) is 4.03. The summed E-state index contributed by atoms with van der Waals surface area (Å²) >= 11 is 21.9. The van der Waals surface area contributed by atoms with Crippen LogP contribution in [-0.2, 0) is 0 Å². The molecular formula is C28H21Cl3N2O2S. The SMILES string of the molecule is O=[N+]([O-])c1ccccc1SC1CC2C(c3cccc4ccccc34)Nc3c(Cl)cc(Cl)cc3C2C1Cl. The van der Waals surface area contributed by atoms with Crippen molar-refractivity contribution in [2.75, 3.05) is 5.32 Å². The fourth-order valence-corrected chi connectivity index (χ4v) is 8.35. The van der Waals surface area contributed by atoms with Gasteiger partial charge in [-0.25, -0.2) is 0 Å². The molecule has 4 aromatic carbocycles. The van der Waals surface area contributed by atoms with Gasteiger partial charge in [-0.1, -0.05) is 77.8 Å². The zero-order valence-corrected chi connectivity index (χ0v) is 22.0. The lowest BCUT2D eigenvalue weighted by molar-refractivity contribution is -0.387. The summed E-state index contributed by atoms with van der Waals surface area (Å²) in [5, 5.41) is 18.6. The Labute approximate surface area is 228 Å². The molecule has 6 rings (SSSR count). The standard InChI is InChI=1S/C28H21Cl3N2O2S/c29-16-12-19-25-20(14-24(26(25)31)36-23-11-4-3-10-22(23)33(34)35)27(32-28(19)21(30)13-16)18-9-5-7-15-6-1-2-8-17(15)18/h1-13,20,24-27,32H,14H2. The van der Waals surface area contributed by atoms with Gasteiger partial charge in [0.2, 0.25) is 0 Å². The molecule has 0 amide bonds. The first kappa shape index (κ1) is 23.9. The van der Waals surface area contributed by atoms with E-state index in [0.29, 0.717) is 14.9 Å². The summed E-state index contributed by atoms with van der Waals surface area (Å²) in [5.41, 5.74) is 3.18. The lowest BCUT2D eigenvalue weighted by atomic mass is 9.76. The van der Waals surface area contributed by atoms with Crippen molar-refractivity contribution in [3.05, 3.63) is 110 Å². The number of nitrogens with one attached hydrogen (secondary N) is 1. The molecule has 0 radical (unpaired) electrons. The number of nitro benzene ring substituents is 1. The van der Waals surface area contributed by atoms with Gasteiger partial charge in [0.05, 0.1) is 31.9 Å². The zero-order chi connectivity index (χ0) is 25.0. The Bertz CT molecular complexity index is 1490. The first-order valence-electron chi connectivity index (χ1n) is 11.7. The van der Waals surface area contributed by atoms with E-state index in [1.165, 1.54) is 28.1 Å². The Kier molecular flexibility index (Phi) is 6.29. The van der Waals surface area contributed by atoms with Crippen LogP contribution in [0.3, 0.4) is 0 Å². The molecule has 5 unspecified atom stereocenters. The first-order chi connectivity index (χ1) is 17.4. The average molecular weight is 556 g/mol. The lowest BCUT2D eigenvalue weighted by Gasteiger charge is -2.39. The topological polar surface area (TPSA) is 55.2 Å². The van der Waals surface area contributed by atoms with Crippen LogP contribution in [0.1, 0.15) is 29.5 Å². The third-order valence-electron chi connectivity index (χ3n) is 7.34. The predicted octanol–water partition coefficient (Wildman–Crippen LogP) is 9.09. The normalized spacial score (nSPS) is 24.7. The highest BCUT2D eigenvalue weighted by molar-refractivity contribution is 8.00. The number of fused-ring (bicyclic) bond motifs is 4. The molecule has 0 aromatic heterocycles. The Morgan fingerprint density at radius 1 is 0.944 bits per heavy atom. The fraction of sp³-hybridized carbons (Fsp3) is 0.214. The Morgan fingerprint density at radius 3 is 2.53 bits per heavy atom. The molecule has 1 fully saturated rings. The van der Waals surface area contributed by atoms with E-state index in [2.05, 4.69) is 41.7 Å². The van der Waals surface area contributed by atoms with Crippen molar-refractivity contribution in [1.29, 1.82) is 0 Å². The number of rotatable bonds is 4. The maximum Gasteiger partial charge on any atom is 0.282 e. The number of para-hydroxylation sites is 1. The number of hydrogen-bond acceptors (Lipinski definition) is 4. The Morgan fingerprint density at radius 2 is 1.69 bits per heavy atom. The summed E-state index contributed by atoms with van der Waals surface area (Å²) in [6.45, 7) is 0. The van der Waals surface area contributed by atoms with Gasteiger partial charge in [0.1, 0.15) is 0 Å². The minimum absolute atomic E-state index is 0.0108. The summed E-state index contributed by atoms with van der Waals surface area (Å²) in [7, 11) is 0. The van der Waals surface area contributed by atoms with E-state index in [1.807, 2.05) is 18.2 Å². The van der Waals surface area contributed by atoms with Crippen LogP contribution >= 0.6 is 46.6 Å². The van der Waals surface area contributed by atoms with E-state index >= 15 is 0 Å². The number of nitrogens with zero attached hydrogens (tertiary/aromatic N) is 1. The molecule has 182 valence electrons. The van der Waals surface area contributed by atoms with Crippen molar-refractivity contribution >= 4 is 68.7 Å². The van der Waals surface area contributed by atoms with Crippen molar-refractivity contribution in [2.24, 2.45) is 5.92 Å². The molecule has 1 aliphatic heterocycles. The molecule has 4 nitrogen and oxygen atoms in total. The quantitative estimate of drug-likeness (QED) is 0.155. The van der Waals surface area contributed by atoms with Crippen LogP contribution in [0.15, 0.2) is 83.8 Å². The number of nitro groups is 1. The molecule has 2 aliphatic rings. The van der Waals surface area contributed by atoms with E-state index in [9.17, 15) is 10.1 Å². The van der Waals surface area contributed by atoms with E-state index in [-0.39, 0.29) is 39.1 Å². The monoisotopic (exact) mass is 554 g/mol. The molecule has 1 N–H and O–H groups in total. The van der Waals surface area contributed by atoms with Crippen LogP contribution in [0.25, 0.3) is 10.8 Å². The summed E-state index contributed by atoms with van der Waals surface area (Å²) in [6, 6.07) is 25.3. The molecule has 4 aromatic rings. The second-order valence-electron chi connectivity index (χ2n) is 9.29. The number of thioether (sulfide) groups is 1. The van der Waals surface area contributed by atoms with Gasteiger partial charge in [-0.15, -0.1) is 23.4 Å². The highest BCUT2D eigenvalue weighted by atomic mass is 35.5. The molecule has 0 bridgehead atoms. The molecular weight excluding hydrogens is 535 g/mol. The maximum atomic E-state index is 11.6. The van der Waals surface area contributed by atoms with Crippen LogP contribution in [0.5, 0.6) is 0 Å². The van der Waals surface area contributed by atoms with E-state index < -0.39 is 0 Å². The Balaban J connectivity index is 1.46. The number of halogens is 3. The van der Waals surface area contributed by atoms with Crippen molar-refractivity contribution < 1.29 is 4.92 Å². The molecule has 0 spiro atoms. The molecule has 1 aliphatic carbocycles. The highest BCUT2D eigenvalue weighted by Crippen LogP contribution is 2.59. The number of alkyl halides is 1. The van der Waals surface area contributed by atoms with Gasteiger partial charge in [-0.05, 0) is 52.4 Å². The van der Waals surface area contributed by atoms with Crippen LogP contribution in [0.2, 0.25) is 10.0 Å². The molecule has 8 heteroatoms. The number of anilines is 1. The Hall–Kier alpha value is -2.44. The van der Waals surface area contributed by atoms with Crippen LogP contribution < -0.4 is 5.32 Å². The van der Waals surface area contributed by atoms with Gasteiger partial charge in [0.15, 0.2) is 0 Å². The smallest absolute Gasteiger partial charge is 0.282 e. The molecule has 1 heterocycles. The molecule has 36 heavy (non-hydrogen) atoms. The summed E-state index contributed by atoms with van der Waals surface area (Å²) in [5.74, 6) is 0.143. The van der Waals surface area contributed by atoms with Gasteiger partial charge in [-0.3, -0.25) is 10.1 Å². The average Bonchev–Trinajstić information content (AvgIpc) is 3.19. The van der Waals surface area contributed by atoms with Crippen molar-refractivity contribution in [3.8, 4) is 0 Å². The summed E-state index contributed by atoms with van der Waals surface area (Å²) in [4.78, 5) is 12.0.